The van der Waals surface area contributed by atoms with Gasteiger partial charge in [-0.15, -0.1) is 0 Å². The van der Waals surface area contributed by atoms with E-state index >= 15 is 0 Å². The van der Waals surface area contributed by atoms with Crippen LogP contribution in [0.3, 0.4) is 0 Å². The molecule has 3 aromatic rings. The van der Waals surface area contributed by atoms with E-state index in [1.807, 2.05) is 50.8 Å². The molecule has 1 amide bonds. The fourth-order valence-electron chi connectivity index (χ4n) is 5.95. The second kappa shape index (κ2) is 11.1. The molecule has 1 spiro atoms. The van der Waals surface area contributed by atoms with Gasteiger partial charge in [0.2, 0.25) is 0 Å². The number of benzene rings is 1. The summed E-state index contributed by atoms with van der Waals surface area (Å²) in [7, 11) is 0. The summed E-state index contributed by atoms with van der Waals surface area (Å²) in [4.78, 5) is 20.9. The van der Waals surface area contributed by atoms with Crippen LogP contribution in [0.5, 0.6) is 5.75 Å². The third-order valence-corrected chi connectivity index (χ3v) is 7.89. The number of likely N-dealkylation sites (tertiary alicyclic amines) is 1. The Morgan fingerprint density at radius 2 is 1.98 bits per heavy atom. The number of carbonyl (C=O) groups is 1. The highest BCUT2D eigenvalue weighted by Gasteiger charge is 2.47. The number of nitrogens with two attached hydrogens (primary N) is 1. The molecule has 2 aliphatic heterocycles. The second-order valence-electron chi connectivity index (χ2n) is 10.9. The molecular weight excluding hydrogens is 506 g/mol. The molecule has 10 nitrogen and oxygen atoms in total. The van der Waals surface area contributed by atoms with Crippen LogP contribution in [0.4, 0.5) is 16.3 Å². The molecule has 5 rings (SSSR count). The predicted molar refractivity (Wildman–Crippen MR) is 154 cm³/mol. The van der Waals surface area contributed by atoms with E-state index in [2.05, 4.69) is 20.1 Å². The first-order chi connectivity index (χ1) is 19.2. The summed E-state index contributed by atoms with van der Waals surface area (Å²) in [6.45, 7) is 11.3. The van der Waals surface area contributed by atoms with Crippen molar-refractivity contribution in [2.75, 3.05) is 43.4 Å². The molecule has 1 atom stereocenters. The number of nitrogens with one attached hydrogen (secondary N) is 1. The van der Waals surface area contributed by atoms with Crippen LogP contribution in [0.25, 0.3) is 0 Å². The Labute approximate surface area is 235 Å². The molecule has 0 saturated carbocycles. The number of rotatable bonds is 7. The first-order valence-corrected chi connectivity index (χ1v) is 13.8. The molecule has 2 fully saturated rings. The van der Waals surface area contributed by atoms with E-state index in [0.717, 1.165) is 61.7 Å². The van der Waals surface area contributed by atoms with E-state index in [1.165, 1.54) is 0 Å². The van der Waals surface area contributed by atoms with Crippen LogP contribution >= 0.6 is 0 Å². The van der Waals surface area contributed by atoms with Gasteiger partial charge in [-0.3, -0.25) is 5.41 Å². The van der Waals surface area contributed by atoms with E-state index in [9.17, 15) is 4.79 Å². The highest BCUT2D eigenvalue weighted by molar-refractivity contribution is 6.13. The van der Waals surface area contributed by atoms with Gasteiger partial charge in [0, 0.05) is 60.2 Å². The van der Waals surface area contributed by atoms with Crippen LogP contribution in [-0.4, -0.2) is 64.7 Å². The van der Waals surface area contributed by atoms with Crippen LogP contribution in [0.1, 0.15) is 60.7 Å². The van der Waals surface area contributed by atoms with Crippen molar-refractivity contribution >= 4 is 23.3 Å². The minimum Gasteiger partial charge on any atom is -0.486 e. The van der Waals surface area contributed by atoms with Crippen molar-refractivity contribution in [3.8, 4) is 5.75 Å². The fraction of sp³-hybridized carbons (Fsp3) is 0.433. The maximum atomic E-state index is 12.2. The fourth-order valence-corrected chi connectivity index (χ4v) is 5.95. The van der Waals surface area contributed by atoms with Gasteiger partial charge >= 0.3 is 6.09 Å². The van der Waals surface area contributed by atoms with Gasteiger partial charge in [0.15, 0.2) is 0 Å². The van der Waals surface area contributed by atoms with Gasteiger partial charge in [-0.25, -0.2) is 9.78 Å². The quantitative estimate of drug-likeness (QED) is 0.324. The van der Waals surface area contributed by atoms with E-state index in [0.29, 0.717) is 29.2 Å². The third-order valence-electron chi connectivity index (χ3n) is 7.89. The van der Waals surface area contributed by atoms with Crippen LogP contribution in [0, 0.1) is 24.7 Å². The summed E-state index contributed by atoms with van der Waals surface area (Å²) >= 11 is 0. The lowest BCUT2D eigenvalue weighted by Gasteiger charge is -2.54. The van der Waals surface area contributed by atoms with Gasteiger partial charge in [0.1, 0.15) is 17.7 Å². The number of amides is 1. The number of aryl methyl sites for hydroxylation is 2. The number of nitrogens with zero attached hydrogens (tertiary/aromatic N) is 5. The summed E-state index contributed by atoms with van der Waals surface area (Å²) in [5.74, 6) is 1.49. The van der Waals surface area contributed by atoms with E-state index in [4.69, 9.17) is 20.6 Å². The maximum Gasteiger partial charge on any atom is 0.409 e. The third kappa shape index (κ3) is 5.43. The van der Waals surface area contributed by atoms with Crippen LogP contribution in [-0.2, 0) is 4.74 Å². The van der Waals surface area contributed by atoms with Crippen LogP contribution in [0.15, 0.2) is 42.7 Å². The molecule has 4 heterocycles. The van der Waals surface area contributed by atoms with Crippen molar-refractivity contribution in [3.63, 3.8) is 0 Å². The monoisotopic (exact) mass is 543 g/mol. The minimum absolute atomic E-state index is 0.0908. The Bertz CT molecular complexity index is 1380. The van der Waals surface area contributed by atoms with Crippen molar-refractivity contribution in [2.45, 2.75) is 46.6 Å². The average molecular weight is 544 g/mol. The van der Waals surface area contributed by atoms with Gasteiger partial charge < -0.3 is 25.0 Å². The van der Waals surface area contributed by atoms with Crippen LogP contribution < -0.4 is 15.4 Å². The average Bonchev–Trinajstić information content (AvgIpc) is 2.92. The summed E-state index contributed by atoms with van der Waals surface area (Å²) in [5.41, 5.74) is 11.3. The van der Waals surface area contributed by atoms with E-state index < -0.39 is 0 Å². The predicted octanol–water partition coefficient (Wildman–Crippen LogP) is 4.69. The van der Waals surface area contributed by atoms with Gasteiger partial charge in [0.05, 0.1) is 24.2 Å². The summed E-state index contributed by atoms with van der Waals surface area (Å²) < 4.78 is 11.4. The number of nitrogen functional groups attached to an aromatic ring is 1. The zero-order valence-corrected chi connectivity index (χ0v) is 23.6. The van der Waals surface area contributed by atoms with Crippen molar-refractivity contribution in [1.29, 1.82) is 5.41 Å². The Kier molecular flexibility index (Phi) is 7.60. The number of aromatic nitrogens is 3. The smallest absolute Gasteiger partial charge is 0.409 e. The number of hydrogen-bond donors (Lipinski definition) is 2. The molecule has 1 aromatic carbocycles. The normalized spacial score (nSPS) is 16.8. The molecule has 2 aromatic heterocycles. The zero-order valence-electron chi connectivity index (χ0n) is 23.6. The molecule has 3 N–H and O–H groups in total. The summed E-state index contributed by atoms with van der Waals surface area (Å²) in [6.07, 6.45) is 5.07. The number of ether oxygens (including phenoxy) is 2. The number of anilines is 2. The number of piperidine rings is 1. The minimum atomic E-state index is -0.240. The largest absolute Gasteiger partial charge is 0.486 e. The zero-order chi connectivity index (χ0) is 28.4. The van der Waals surface area contributed by atoms with Gasteiger partial charge in [-0.2, -0.15) is 10.2 Å². The molecule has 0 bridgehead atoms. The summed E-state index contributed by atoms with van der Waals surface area (Å²) in [6, 6.07) is 9.24. The lowest BCUT2D eigenvalue weighted by molar-refractivity contribution is 0.0433. The van der Waals surface area contributed by atoms with Gasteiger partial charge in [-0.05, 0) is 76.4 Å². The first-order valence-electron chi connectivity index (χ1n) is 13.8. The number of carbonyl (C=O) groups excluding carboxylic acids is 1. The number of hydrogen-bond acceptors (Lipinski definition) is 9. The molecule has 0 radical (unpaired) electrons. The molecule has 40 heavy (non-hydrogen) atoms. The molecular formula is C30H37N7O3. The standard InChI is InChI=1S/C30H37N7O3/c1-5-39-29(38)36-12-6-11-30(16-36)17-37(18-30)26-10-7-22(15-33-26)28(32)24-13-23(8-9-25(24)31)40-21(4)27-19(2)14-34-35-20(27)3/h7-10,13-15,21,32H,5-6,11-12,16-18,31H2,1-4H3/t21-/m1/s1. The number of pyridine rings is 1. The highest BCUT2D eigenvalue weighted by Crippen LogP contribution is 2.41. The Balaban J connectivity index is 1.24. The van der Waals surface area contributed by atoms with Crippen molar-refractivity contribution in [2.24, 2.45) is 5.41 Å². The van der Waals surface area contributed by atoms with E-state index in [1.54, 1.807) is 24.5 Å². The second-order valence-corrected chi connectivity index (χ2v) is 10.9. The first kappa shape index (κ1) is 27.4. The van der Waals surface area contributed by atoms with Crippen molar-refractivity contribution in [1.82, 2.24) is 20.1 Å². The van der Waals surface area contributed by atoms with Crippen LogP contribution in [0.2, 0.25) is 0 Å². The van der Waals surface area contributed by atoms with Crippen molar-refractivity contribution < 1.29 is 14.3 Å². The molecule has 2 saturated heterocycles. The summed E-state index contributed by atoms with van der Waals surface area (Å²) in [5, 5.41) is 17.0. The lowest BCUT2D eigenvalue weighted by Crippen LogP contribution is -2.64. The Morgan fingerprint density at radius 3 is 2.67 bits per heavy atom. The van der Waals surface area contributed by atoms with Gasteiger partial charge in [-0.1, -0.05) is 0 Å². The molecule has 10 heteroatoms. The molecule has 2 aliphatic rings. The Hall–Kier alpha value is -4.21. The Morgan fingerprint density at radius 1 is 1.18 bits per heavy atom. The lowest BCUT2D eigenvalue weighted by atomic mass is 9.73. The molecule has 0 unspecified atom stereocenters. The van der Waals surface area contributed by atoms with Crippen molar-refractivity contribution in [3.05, 3.63) is 70.7 Å². The highest BCUT2D eigenvalue weighted by atomic mass is 16.6. The van der Waals surface area contributed by atoms with E-state index in [-0.39, 0.29) is 23.3 Å². The topological polar surface area (TPSA) is 131 Å². The molecule has 210 valence electrons. The maximum absolute atomic E-state index is 12.2. The molecule has 0 aliphatic carbocycles. The SMILES string of the molecule is CCOC(=O)N1CCCC2(C1)CN(c1ccc(C(=N)c3cc(O[C@H](C)c4c(C)cnnc4C)ccc3N)cn1)C2. The van der Waals surface area contributed by atoms with Gasteiger partial charge in [0.25, 0.3) is 0 Å².